The summed E-state index contributed by atoms with van der Waals surface area (Å²) in [5.74, 6) is 0.840. The highest BCUT2D eigenvalue weighted by atomic mass is 79.9. The summed E-state index contributed by atoms with van der Waals surface area (Å²) in [6.07, 6.45) is -0.134. The Labute approximate surface area is 127 Å². The average Bonchev–Trinajstić information content (AvgIpc) is 2.39. The summed E-state index contributed by atoms with van der Waals surface area (Å²) >= 11 is 8.49. The van der Waals surface area contributed by atoms with Crippen LogP contribution in [0.5, 0.6) is 5.75 Å². The first-order valence-electron chi connectivity index (χ1n) is 6.06. The zero-order valence-electron chi connectivity index (χ0n) is 10.8. The Morgan fingerprint density at radius 2 is 2.42 bits per heavy atom. The van der Waals surface area contributed by atoms with Crippen LogP contribution in [0.4, 0.5) is 0 Å². The number of thiocarbonyl (C=S) groups is 1. The first-order valence-corrected chi connectivity index (χ1v) is 7.26. The van der Waals surface area contributed by atoms with E-state index >= 15 is 0 Å². The third kappa shape index (κ3) is 3.89. The fourth-order valence-corrected chi connectivity index (χ4v) is 2.82. The monoisotopic (exact) mass is 344 g/mol. The van der Waals surface area contributed by atoms with Crippen molar-refractivity contribution in [3.05, 3.63) is 28.2 Å². The van der Waals surface area contributed by atoms with Gasteiger partial charge < -0.3 is 15.2 Å². The van der Waals surface area contributed by atoms with Gasteiger partial charge in [0, 0.05) is 19.6 Å². The molecule has 19 heavy (non-hydrogen) atoms. The standard InChI is InChI=1S/C13H17BrN2O2S/c1-17-11-3-2-9(6-10(11)14)7-16-4-5-18-12(8-16)13(15)19/h2-3,6,12H,4-5,7-8H2,1H3,(H2,15,19). The number of hydrogen-bond donors (Lipinski definition) is 1. The molecule has 4 nitrogen and oxygen atoms in total. The molecule has 1 aliphatic heterocycles. The van der Waals surface area contributed by atoms with Crippen LogP contribution in [0, 0.1) is 0 Å². The summed E-state index contributed by atoms with van der Waals surface area (Å²) in [7, 11) is 1.66. The molecule has 0 amide bonds. The second-order valence-corrected chi connectivity index (χ2v) is 5.79. The van der Waals surface area contributed by atoms with Crippen molar-refractivity contribution in [2.75, 3.05) is 26.8 Å². The number of benzene rings is 1. The van der Waals surface area contributed by atoms with E-state index in [0.29, 0.717) is 11.6 Å². The number of methoxy groups -OCH3 is 1. The van der Waals surface area contributed by atoms with Crippen LogP contribution in [0.2, 0.25) is 0 Å². The lowest BCUT2D eigenvalue weighted by molar-refractivity contribution is 0.00390. The number of halogens is 1. The number of morpholine rings is 1. The lowest BCUT2D eigenvalue weighted by Gasteiger charge is -2.32. The van der Waals surface area contributed by atoms with Crippen molar-refractivity contribution in [1.29, 1.82) is 0 Å². The summed E-state index contributed by atoms with van der Waals surface area (Å²) in [4.78, 5) is 2.72. The highest BCUT2D eigenvalue weighted by molar-refractivity contribution is 9.10. The quantitative estimate of drug-likeness (QED) is 0.846. The van der Waals surface area contributed by atoms with Crippen LogP contribution in [0.15, 0.2) is 22.7 Å². The van der Waals surface area contributed by atoms with Gasteiger partial charge in [-0.05, 0) is 33.6 Å². The van der Waals surface area contributed by atoms with Gasteiger partial charge in [0.15, 0.2) is 0 Å². The van der Waals surface area contributed by atoms with E-state index in [4.69, 9.17) is 27.4 Å². The maximum absolute atomic E-state index is 5.64. The van der Waals surface area contributed by atoms with Crippen LogP contribution in [0.25, 0.3) is 0 Å². The molecule has 0 saturated carbocycles. The molecule has 0 aromatic heterocycles. The van der Waals surface area contributed by atoms with E-state index in [9.17, 15) is 0 Å². The minimum Gasteiger partial charge on any atom is -0.496 e. The van der Waals surface area contributed by atoms with Crippen LogP contribution in [-0.4, -0.2) is 42.8 Å². The topological polar surface area (TPSA) is 47.7 Å². The minimum atomic E-state index is -0.134. The highest BCUT2D eigenvalue weighted by Crippen LogP contribution is 2.26. The molecule has 1 saturated heterocycles. The highest BCUT2D eigenvalue weighted by Gasteiger charge is 2.22. The maximum atomic E-state index is 5.64. The predicted molar refractivity (Wildman–Crippen MR) is 82.5 cm³/mol. The molecule has 104 valence electrons. The molecule has 2 rings (SSSR count). The average molecular weight is 345 g/mol. The smallest absolute Gasteiger partial charge is 0.133 e. The van der Waals surface area contributed by atoms with Gasteiger partial charge >= 0.3 is 0 Å². The van der Waals surface area contributed by atoms with Crippen molar-refractivity contribution in [3.8, 4) is 5.75 Å². The van der Waals surface area contributed by atoms with Crippen molar-refractivity contribution in [1.82, 2.24) is 4.90 Å². The van der Waals surface area contributed by atoms with Gasteiger partial charge in [0.1, 0.15) is 16.8 Å². The van der Waals surface area contributed by atoms with Crippen LogP contribution >= 0.6 is 28.1 Å². The predicted octanol–water partition coefficient (Wildman–Crippen LogP) is 1.94. The molecule has 2 N–H and O–H groups in total. The van der Waals surface area contributed by atoms with Crippen molar-refractivity contribution >= 4 is 33.1 Å². The van der Waals surface area contributed by atoms with Crippen LogP contribution in [0.1, 0.15) is 5.56 Å². The summed E-state index contributed by atoms with van der Waals surface area (Å²) < 4.78 is 11.7. The SMILES string of the molecule is COc1ccc(CN2CCOC(C(N)=S)C2)cc1Br. The van der Waals surface area contributed by atoms with E-state index < -0.39 is 0 Å². The molecular formula is C13H17BrN2O2S. The number of nitrogens with two attached hydrogens (primary N) is 1. The summed E-state index contributed by atoms with van der Waals surface area (Å²) in [5.41, 5.74) is 6.86. The van der Waals surface area contributed by atoms with Gasteiger partial charge in [0.2, 0.25) is 0 Å². The molecule has 0 spiro atoms. The molecule has 0 radical (unpaired) electrons. The molecule has 1 aromatic rings. The lowest BCUT2D eigenvalue weighted by Crippen LogP contribution is -2.47. The van der Waals surface area contributed by atoms with Crippen LogP contribution in [-0.2, 0) is 11.3 Å². The number of nitrogens with zero attached hydrogens (tertiary/aromatic N) is 1. The minimum absolute atomic E-state index is 0.134. The van der Waals surface area contributed by atoms with Gasteiger partial charge in [-0.25, -0.2) is 0 Å². The Balaban J connectivity index is 2.00. The number of ether oxygens (including phenoxy) is 2. The third-order valence-electron chi connectivity index (χ3n) is 3.09. The third-order valence-corrected chi connectivity index (χ3v) is 3.97. The summed E-state index contributed by atoms with van der Waals surface area (Å²) in [6, 6.07) is 6.10. The fourth-order valence-electron chi connectivity index (χ4n) is 2.08. The van der Waals surface area contributed by atoms with Crippen molar-refractivity contribution in [2.24, 2.45) is 5.73 Å². The van der Waals surface area contributed by atoms with Gasteiger partial charge in [0.05, 0.1) is 18.2 Å². The second kappa shape index (κ2) is 6.65. The molecule has 1 aliphatic rings. The van der Waals surface area contributed by atoms with E-state index in [0.717, 1.165) is 29.9 Å². The molecule has 1 atom stereocenters. The maximum Gasteiger partial charge on any atom is 0.133 e. The Bertz CT molecular complexity index is 470. The van der Waals surface area contributed by atoms with E-state index in [1.165, 1.54) is 5.56 Å². The Morgan fingerprint density at radius 3 is 3.05 bits per heavy atom. The van der Waals surface area contributed by atoms with Crippen LogP contribution < -0.4 is 10.5 Å². The largest absolute Gasteiger partial charge is 0.496 e. The van der Waals surface area contributed by atoms with Gasteiger partial charge in [0.25, 0.3) is 0 Å². The molecule has 1 unspecified atom stereocenters. The number of rotatable bonds is 4. The van der Waals surface area contributed by atoms with Gasteiger partial charge in [-0.1, -0.05) is 18.3 Å². The Kier molecular flexibility index (Phi) is 5.15. The lowest BCUT2D eigenvalue weighted by atomic mass is 10.2. The van der Waals surface area contributed by atoms with E-state index in [1.807, 2.05) is 6.07 Å². The fraction of sp³-hybridized carbons (Fsp3) is 0.462. The molecule has 0 aliphatic carbocycles. The zero-order valence-corrected chi connectivity index (χ0v) is 13.2. The zero-order chi connectivity index (χ0) is 13.8. The number of hydrogen-bond acceptors (Lipinski definition) is 4. The molecule has 1 aromatic carbocycles. The first kappa shape index (κ1) is 14.7. The molecule has 1 heterocycles. The van der Waals surface area contributed by atoms with Gasteiger partial charge in [-0.2, -0.15) is 0 Å². The molecule has 1 fully saturated rings. The van der Waals surface area contributed by atoms with E-state index in [-0.39, 0.29) is 6.10 Å². The van der Waals surface area contributed by atoms with Crippen molar-refractivity contribution in [3.63, 3.8) is 0 Å². The first-order chi connectivity index (χ1) is 9.10. The molecular weight excluding hydrogens is 328 g/mol. The van der Waals surface area contributed by atoms with Crippen molar-refractivity contribution < 1.29 is 9.47 Å². The van der Waals surface area contributed by atoms with Crippen LogP contribution in [0.3, 0.4) is 0 Å². The van der Waals surface area contributed by atoms with E-state index in [2.05, 4.69) is 33.0 Å². The van der Waals surface area contributed by atoms with Crippen molar-refractivity contribution in [2.45, 2.75) is 12.6 Å². The summed E-state index contributed by atoms with van der Waals surface area (Å²) in [5, 5.41) is 0. The molecule has 0 bridgehead atoms. The normalized spacial score (nSPS) is 20.2. The van der Waals surface area contributed by atoms with E-state index in [1.54, 1.807) is 7.11 Å². The molecule has 6 heteroatoms. The summed E-state index contributed by atoms with van der Waals surface area (Å²) in [6.45, 7) is 3.16. The Morgan fingerprint density at radius 1 is 1.63 bits per heavy atom. The van der Waals surface area contributed by atoms with Gasteiger partial charge in [-0.3, -0.25) is 4.90 Å². The van der Waals surface area contributed by atoms with Gasteiger partial charge in [-0.15, -0.1) is 0 Å². The second-order valence-electron chi connectivity index (χ2n) is 4.47. The Hall–Kier alpha value is -0.690.